The Morgan fingerprint density at radius 3 is 2.68 bits per heavy atom. The Morgan fingerprint density at radius 1 is 1.32 bits per heavy atom. The van der Waals surface area contributed by atoms with Crippen molar-refractivity contribution in [2.75, 3.05) is 13.1 Å². The first-order valence-corrected chi connectivity index (χ1v) is 7.44. The lowest BCUT2D eigenvalue weighted by atomic mass is 9.84. The molecular formula is C13H16BrN3O2. The number of carbonyl (C=O) groups is 1. The largest absolute Gasteiger partial charge is 0.458 e. The molecule has 1 saturated heterocycles. The Kier molecular flexibility index (Phi) is 3.68. The number of nitrogens with zero attached hydrogens (tertiary/aromatic N) is 3. The van der Waals surface area contributed by atoms with Crippen molar-refractivity contribution in [2.24, 2.45) is 5.92 Å². The van der Waals surface area contributed by atoms with E-state index in [1.807, 2.05) is 4.90 Å². The van der Waals surface area contributed by atoms with E-state index in [2.05, 4.69) is 25.9 Å². The van der Waals surface area contributed by atoms with E-state index in [4.69, 9.17) is 4.74 Å². The number of ether oxygens (including phenoxy) is 1. The minimum absolute atomic E-state index is 0.0187. The molecule has 1 aromatic rings. The van der Waals surface area contributed by atoms with Crippen LogP contribution in [0.2, 0.25) is 0 Å². The molecule has 19 heavy (non-hydrogen) atoms. The Bertz CT molecular complexity index is 461. The fraction of sp³-hybridized carbons (Fsp3) is 0.615. The van der Waals surface area contributed by atoms with Crippen molar-refractivity contribution < 1.29 is 9.53 Å². The van der Waals surface area contributed by atoms with Gasteiger partial charge < -0.3 is 9.64 Å². The fourth-order valence-electron chi connectivity index (χ4n) is 2.45. The maximum absolute atomic E-state index is 12.1. The first kappa shape index (κ1) is 12.8. The van der Waals surface area contributed by atoms with Crippen LogP contribution >= 0.6 is 15.9 Å². The summed E-state index contributed by atoms with van der Waals surface area (Å²) in [6.45, 7) is 1.45. The smallest absolute Gasteiger partial charge is 0.316 e. The Labute approximate surface area is 120 Å². The van der Waals surface area contributed by atoms with Crippen molar-refractivity contribution in [3.8, 4) is 6.01 Å². The quantitative estimate of drug-likeness (QED) is 0.853. The lowest BCUT2D eigenvalue weighted by Gasteiger charge is -2.28. The van der Waals surface area contributed by atoms with Crippen LogP contribution in [0.4, 0.5) is 0 Å². The maximum Gasteiger partial charge on any atom is 0.316 e. The van der Waals surface area contributed by atoms with E-state index in [1.54, 1.807) is 12.4 Å². The van der Waals surface area contributed by atoms with Gasteiger partial charge in [0.25, 0.3) is 0 Å². The predicted molar refractivity (Wildman–Crippen MR) is 72.7 cm³/mol. The Morgan fingerprint density at radius 2 is 2.05 bits per heavy atom. The number of rotatable bonds is 3. The zero-order valence-corrected chi connectivity index (χ0v) is 12.2. The Balaban J connectivity index is 1.54. The van der Waals surface area contributed by atoms with E-state index < -0.39 is 0 Å². The number of hydrogen-bond donors (Lipinski definition) is 0. The van der Waals surface area contributed by atoms with Crippen LogP contribution in [0.5, 0.6) is 6.01 Å². The van der Waals surface area contributed by atoms with Gasteiger partial charge in [0.2, 0.25) is 5.91 Å². The molecule has 2 heterocycles. The SMILES string of the molecule is O=C(C1CCC1)N1CCC(Oc2ncc(Br)cn2)C1. The standard InChI is InChI=1S/C13H16BrN3O2/c14-10-6-15-13(16-7-10)19-11-4-5-17(8-11)12(18)9-2-1-3-9/h6-7,9,11H,1-5,8H2. The minimum Gasteiger partial charge on any atom is -0.458 e. The van der Waals surface area contributed by atoms with Crippen LogP contribution in [0.1, 0.15) is 25.7 Å². The van der Waals surface area contributed by atoms with E-state index in [0.29, 0.717) is 18.5 Å². The summed E-state index contributed by atoms with van der Waals surface area (Å²) in [6.07, 6.45) is 7.50. The van der Waals surface area contributed by atoms with Crippen molar-refractivity contribution in [1.29, 1.82) is 0 Å². The molecule has 1 aliphatic carbocycles. The summed E-state index contributed by atoms with van der Waals surface area (Å²) in [5.41, 5.74) is 0. The first-order chi connectivity index (χ1) is 9.22. The summed E-state index contributed by atoms with van der Waals surface area (Å²) < 4.78 is 6.53. The molecule has 5 nitrogen and oxygen atoms in total. The third kappa shape index (κ3) is 2.88. The number of halogens is 1. The monoisotopic (exact) mass is 325 g/mol. The molecule has 0 radical (unpaired) electrons. The van der Waals surface area contributed by atoms with Crippen molar-refractivity contribution >= 4 is 21.8 Å². The first-order valence-electron chi connectivity index (χ1n) is 6.65. The normalized spacial score (nSPS) is 23.2. The van der Waals surface area contributed by atoms with Gasteiger partial charge in [-0.1, -0.05) is 6.42 Å². The molecule has 1 aliphatic heterocycles. The van der Waals surface area contributed by atoms with E-state index in [1.165, 1.54) is 6.42 Å². The summed E-state index contributed by atoms with van der Waals surface area (Å²) in [5, 5.41) is 0. The summed E-state index contributed by atoms with van der Waals surface area (Å²) in [5.74, 6) is 0.566. The highest BCUT2D eigenvalue weighted by Gasteiger charge is 2.34. The maximum atomic E-state index is 12.1. The Hall–Kier alpha value is -1.17. The van der Waals surface area contributed by atoms with E-state index in [-0.39, 0.29) is 12.0 Å². The van der Waals surface area contributed by atoms with Gasteiger partial charge in [-0.25, -0.2) is 9.97 Å². The average Bonchev–Trinajstić information content (AvgIpc) is 2.78. The number of amides is 1. The molecule has 1 amide bonds. The van der Waals surface area contributed by atoms with Crippen LogP contribution in [0, 0.1) is 5.92 Å². The van der Waals surface area contributed by atoms with Gasteiger partial charge in [0, 0.05) is 31.3 Å². The zero-order valence-electron chi connectivity index (χ0n) is 10.6. The van der Waals surface area contributed by atoms with Crippen molar-refractivity contribution in [2.45, 2.75) is 31.8 Å². The van der Waals surface area contributed by atoms with Crippen molar-refractivity contribution in [3.63, 3.8) is 0 Å². The molecular weight excluding hydrogens is 310 g/mol. The second kappa shape index (κ2) is 5.45. The van der Waals surface area contributed by atoms with Crippen LogP contribution in [-0.2, 0) is 4.79 Å². The highest BCUT2D eigenvalue weighted by Crippen LogP contribution is 2.29. The summed E-state index contributed by atoms with van der Waals surface area (Å²) in [4.78, 5) is 22.2. The molecule has 1 saturated carbocycles. The molecule has 0 aromatic carbocycles. The van der Waals surface area contributed by atoms with Gasteiger partial charge in [-0.05, 0) is 28.8 Å². The number of likely N-dealkylation sites (tertiary alicyclic amines) is 1. The topological polar surface area (TPSA) is 55.3 Å². The molecule has 1 unspecified atom stereocenters. The van der Waals surface area contributed by atoms with Gasteiger partial charge in [-0.2, -0.15) is 0 Å². The average molecular weight is 326 g/mol. The van der Waals surface area contributed by atoms with Crippen molar-refractivity contribution in [3.05, 3.63) is 16.9 Å². The lowest BCUT2D eigenvalue weighted by molar-refractivity contribution is -0.137. The third-order valence-corrected chi connectivity index (χ3v) is 4.19. The molecule has 2 aliphatic rings. The van der Waals surface area contributed by atoms with Gasteiger partial charge in [-0.3, -0.25) is 4.79 Å². The molecule has 0 bridgehead atoms. The molecule has 102 valence electrons. The highest BCUT2D eigenvalue weighted by atomic mass is 79.9. The van der Waals surface area contributed by atoms with Gasteiger partial charge in [0.05, 0.1) is 11.0 Å². The van der Waals surface area contributed by atoms with E-state index in [9.17, 15) is 4.79 Å². The predicted octanol–water partition coefficient (Wildman–Crippen LogP) is 2.02. The van der Waals surface area contributed by atoms with E-state index in [0.717, 1.165) is 30.3 Å². The van der Waals surface area contributed by atoms with E-state index >= 15 is 0 Å². The second-order valence-corrected chi connectivity index (χ2v) is 6.04. The summed E-state index contributed by atoms with van der Waals surface area (Å²) in [7, 11) is 0. The lowest BCUT2D eigenvalue weighted by Crippen LogP contribution is -2.38. The van der Waals surface area contributed by atoms with Gasteiger partial charge >= 0.3 is 6.01 Å². The fourth-order valence-corrected chi connectivity index (χ4v) is 2.65. The van der Waals surface area contributed by atoms with Crippen LogP contribution in [0.3, 0.4) is 0 Å². The zero-order chi connectivity index (χ0) is 13.2. The molecule has 0 N–H and O–H groups in total. The van der Waals surface area contributed by atoms with Gasteiger partial charge in [0.15, 0.2) is 0 Å². The highest BCUT2D eigenvalue weighted by molar-refractivity contribution is 9.10. The minimum atomic E-state index is 0.0187. The molecule has 6 heteroatoms. The molecule has 2 fully saturated rings. The summed E-state index contributed by atoms with van der Waals surface area (Å²) >= 11 is 3.28. The van der Waals surface area contributed by atoms with Crippen LogP contribution in [0.15, 0.2) is 16.9 Å². The molecule has 0 spiro atoms. The molecule has 1 atom stereocenters. The van der Waals surface area contributed by atoms with Gasteiger partial charge in [0.1, 0.15) is 6.10 Å². The number of hydrogen-bond acceptors (Lipinski definition) is 4. The summed E-state index contributed by atoms with van der Waals surface area (Å²) in [6, 6.07) is 0.381. The van der Waals surface area contributed by atoms with Crippen LogP contribution in [0.25, 0.3) is 0 Å². The second-order valence-electron chi connectivity index (χ2n) is 5.12. The molecule has 1 aromatic heterocycles. The number of carbonyl (C=O) groups excluding carboxylic acids is 1. The van der Waals surface area contributed by atoms with Crippen molar-refractivity contribution in [1.82, 2.24) is 14.9 Å². The van der Waals surface area contributed by atoms with Crippen LogP contribution < -0.4 is 4.74 Å². The molecule has 3 rings (SSSR count). The number of aromatic nitrogens is 2. The van der Waals surface area contributed by atoms with Gasteiger partial charge in [-0.15, -0.1) is 0 Å². The van der Waals surface area contributed by atoms with Crippen LogP contribution in [-0.4, -0.2) is 40.0 Å². The third-order valence-electron chi connectivity index (χ3n) is 3.78.